The number of nitrogen functional groups attached to an aromatic ring is 2. The number of nitrogens with one attached hydrogen (secondary N) is 1. The third kappa shape index (κ3) is 3.83. The largest absolute Gasteiger partial charge is 0.383 e. The summed E-state index contributed by atoms with van der Waals surface area (Å²) in [5, 5.41) is 4.87. The summed E-state index contributed by atoms with van der Waals surface area (Å²) in [5.74, 6) is 0.737. The van der Waals surface area contributed by atoms with Gasteiger partial charge in [-0.1, -0.05) is 6.07 Å². The number of aromatic nitrogens is 3. The second-order valence-corrected chi connectivity index (χ2v) is 6.18. The van der Waals surface area contributed by atoms with Crippen LogP contribution >= 0.6 is 11.8 Å². The van der Waals surface area contributed by atoms with Gasteiger partial charge in [-0.15, -0.1) is 0 Å². The van der Waals surface area contributed by atoms with Gasteiger partial charge in [-0.05, 0) is 42.7 Å². The van der Waals surface area contributed by atoms with E-state index in [-0.39, 0.29) is 0 Å². The van der Waals surface area contributed by atoms with Crippen LogP contribution in [0.25, 0.3) is 0 Å². The van der Waals surface area contributed by atoms with Gasteiger partial charge in [0.2, 0.25) is 0 Å². The Bertz CT molecular complexity index is 636. The molecule has 0 bridgehead atoms. The van der Waals surface area contributed by atoms with Crippen LogP contribution in [-0.2, 0) is 6.54 Å². The highest BCUT2D eigenvalue weighted by molar-refractivity contribution is 7.99. The summed E-state index contributed by atoms with van der Waals surface area (Å²) < 4.78 is 0. The molecule has 0 atom stereocenters. The highest BCUT2D eigenvalue weighted by Crippen LogP contribution is 2.27. The third-order valence-corrected chi connectivity index (χ3v) is 4.18. The molecule has 1 saturated carbocycles. The quantitative estimate of drug-likeness (QED) is 0.723. The molecule has 0 radical (unpaired) electrons. The zero-order chi connectivity index (χ0) is 14.8. The molecule has 7 heteroatoms. The number of hydrogen-bond donors (Lipinski definition) is 3. The predicted octanol–water partition coefficient (Wildman–Crippen LogP) is 1.75. The molecule has 0 aromatic carbocycles. The fourth-order valence-electron chi connectivity index (χ4n) is 1.97. The molecular weight excluding hydrogens is 284 g/mol. The molecule has 110 valence electrons. The van der Waals surface area contributed by atoms with E-state index in [1.54, 1.807) is 0 Å². The summed E-state index contributed by atoms with van der Waals surface area (Å²) >= 11 is 1.37. The molecular formula is C14H18N6S. The van der Waals surface area contributed by atoms with Gasteiger partial charge in [0.15, 0.2) is 5.16 Å². The maximum atomic E-state index is 5.68. The van der Waals surface area contributed by atoms with Crippen molar-refractivity contribution < 1.29 is 0 Å². The Balaban J connectivity index is 1.72. The molecule has 1 aliphatic rings. The lowest BCUT2D eigenvalue weighted by Crippen LogP contribution is -2.15. The van der Waals surface area contributed by atoms with Crippen molar-refractivity contribution in [2.24, 2.45) is 0 Å². The minimum Gasteiger partial charge on any atom is -0.383 e. The van der Waals surface area contributed by atoms with Crippen LogP contribution in [-0.4, -0.2) is 21.0 Å². The first kappa shape index (κ1) is 14.1. The Labute approximate surface area is 127 Å². The molecule has 0 unspecified atom stereocenters. The Hall–Kier alpha value is -1.86. The van der Waals surface area contributed by atoms with Crippen LogP contribution < -0.4 is 16.8 Å². The van der Waals surface area contributed by atoms with E-state index in [1.165, 1.54) is 36.2 Å². The average Bonchev–Trinajstić information content (AvgIpc) is 3.22. The lowest BCUT2D eigenvalue weighted by molar-refractivity contribution is 0.684. The standard InChI is InChI=1S/C14H18N6S/c1-8-4-9(6-17-10-2-3-10)7-18-13(8)21-14-19-11(15)5-12(16)20-14/h4-5,7,10,17H,2-3,6H2,1H3,(H4,15,16,19,20). The molecule has 0 aliphatic heterocycles. The van der Waals surface area contributed by atoms with Gasteiger partial charge in [-0.3, -0.25) is 0 Å². The number of nitrogens with two attached hydrogens (primary N) is 2. The second-order valence-electron chi connectivity index (χ2n) is 5.22. The summed E-state index contributed by atoms with van der Waals surface area (Å²) in [5.41, 5.74) is 13.6. The number of rotatable bonds is 5. The van der Waals surface area contributed by atoms with Crippen LogP contribution in [0.2, 0.25) is 0 Å². The Morgan fingerprint density at radius 1 is 1.24 bits per heavy atom. The van der Waals surface area contributed by atoms with Crippen molar-refractivity contribution in [3.05, 3.63) is 29.5 Å². The van der Waals surface area contributed by atoms with Crippen LogP contribution in [0.5, 0.6) is 0 Å². The summed E-state index contributed by atoms with van der Waals surface area (Å²) in [6.07, 6.45) is 4.46. The maximum absolute atomic E-state index is 5.68. The Morgan fingerprint density at radius 3 is 2.57 bits per heavy atom. The van der Waals surface area contributed by atoms with Crippen molar-refractivity contribution in [1.29, 1.82) is 0 Å². The molecule has 21 heavy (non-hydrogen) atoms. The van der Waals surface area contributed by atoms with E-state index in [0.717, 1.165) is 17.1 Å². The minimum atomic E-state index is 0.368. The summed E-state index contributed by atoms with van der Waals surface area (Å²) in [6, 6.07) is 4.38. The normalized spacial score (nSPS) is 14.3. The maximum Gasteiger partial charge on any atom is 0.197 e. The molecule has 0 spiro atoms. The van der Waals surface area contributed by atoms with Gasteiger partial charge < -0.3 is 16.8 Å². The number of nitrogens with zero attached hydrogens (tertiary/aromatic N) is 3. The number of aryl methyl sites for hydroxylation is 1. The molecule has 1 aliphatic carbocycles. The van der Waals surface area contributed by atoms with E-state index >= 15 is 0 Å². The number of hydrogen-bond acceptors (Lipinski definition) is 7. The average molecular weight is 302 g/mol. The first-order valence-corrected chi connectivity index (χ1v) is 7.68. The zero-order valence-corrected chi connectivity index (χ0v) is 12.7. The van der Waals surface area contributed by atoms with Crippen LogP contribution in [0.4, 0.5) is 11.6 Å². The van der Waals surface area contributed by atoms with Gasteiger partial charge in [-0.2, -0.15) is 0 Å². The van der Waals surface area contributed by atoms with Crippen LogP contribution in [0.15, 0.2) is 28.5 Å². The number of pyridine rings is 1. The third-order valence-electron chi connectivity index (χ3n) is 3.19. The second kappa shape index (κ2) is 5.87. The zero-order valence-electron chi connectivity index (χ0n) is 11.8. The fraction of sp³-hybridized carbons (Fsp3) is 0.357. The highest BCUT2D eigenvalue weighted by Gasteiger charge is 2.20. The van der Waals surface area contributed by atoms with Crippen molar-refractivity contribution in [1.82, 2.24) is 20.3 Å². The van der Waals surface area contributed by atoms with E-state index in [4.69, 9.17) is 11.5 Å². The first-order chi connectivity index (χ1) is 10.1. The van der Waals surface area contributed by atoms with Gasteiger partial charge in [0.1, 0.15) is 16.7 Å². The van der Waals surface area contributed by atoms with Crippen LogP contribution in [0.3, 0.4) is 0 Å². The molecule has 2 aromatic heterocycles. The van der Waals surface area contributed by atoms with E-state index in [1.807, 2.05) is 13.1 Å². The van der Waals surface area contributed by atoms with Gasteiger partial charge in [-0.25, -0.2) is 15.0 Å². The van der Waals surface area contributed by atoms with E-state index in [0.29, 0.717) is 22.8 Å². The van der Waals surface area contributed by atoms with Crippen molar-refractivity contribution >= 4 is 23.4 Å². The molecule has 0 saturated heterocycles. The van der Waals surface area contributed by atoms with E-state index in [9.17, 15) is 0 Å². The predicted molar refractivity (Wildman–Crippen MR) is 83.8 cm³/mol. The van der Waals surface area contributed by atoms with Gasteiger partial charge in [0.05, 0.1) is 0 Å². The van der Waals surface area contributed by atoms with Crippen molar-refractivity contribution in [3.63, 3.8) is 0 Å². The molecule has 0 amide bonds. The highest BCUT2D eigenvalue weighted by atomic mass is 32.2. The summed E-state index contributed by atoms with van der Waals surface area (Å²) in [4.78, 5) is 12.8. The van der Waals surface area contributed by atoms with Crippen molar-refractivity contribution in [2.75, 3.05) is 11.5 Å². The molecule has 2 heterocycles. The van der Waals surface area contributed by atoms with Gasteiger partial charge in [0, 0.05) is 24.8 Å². The molecule has 1 fully saturated rings. The molecule has 2 aromatic rings. The van der Waals surface area contributed by atoms with Crippen molar-refractivity contribution in [2.45, 2.75) is 42.5 Å². The molecule has 5 N–H and O–H groups in total. The smallest absolute Gasteiger partial charge is 0.197 e. The summed E-state index contributed by atoms with van der Waals surface area (Å²) in [7, 11) is 0. The minimum absolute atomic E-state index is 0.368. The lowest BCUT2D eigenvalue weighted by atomic mass is 10.2. The lowest BCUT2D eigenvalue weighted by Gasteiger charge is -2.08. The monoisotopic (exact) mass is 302 g/mol. The van der Waals surface area contributed by atoms with E-state index < -0.39 is 0 Å². The van der Waals surface area contributed by atoms with E-state index in [2.05, 4.69) is 26.3 Å². The Kier molecular flexibility index (Phi) is 3.94. The number of anilines is 2. The summed E-state index contributed by atoms with van der Waals surface area (Å²) in [6.45, 7) is 2.90. The first-order valence-electron chi connectivity index (χ1n) is 6.87. The SMILES string of the molecule is Cc1cc(CNC2CC2)cnc1Sc1nc(N)cc(N)n1. The van der Waals surface area contributed by atoms with Crippen LogP contribution in [0.1, 0.15) is 24.0 Å². The fourth-order valence-corrected chi connectivity index (χ4v) is 2.77. The van der Waals surface area contributed by atoms with Crippen LogP contribution in [0, 0.1) is 6.92 Å². The van der Waals surface area contributed by atoms with Gasteiger partial charge in [0.25, 0.3) is 0 Å². The van der Waals surface area contributed by atoms with Crippen molar-refractivity contribution in [3.8, 4) is 0 Å². The molecule has 3 rings (SSSR count). The molecule has 6 nitrogen and oxygen atoms in total. The topological polar surface area (TPSA) is 103 Å². The van der Waals surface area contributed by atoms with Gasteiger partial charge >= 0.3 is 0 Å². The Morgan fingerprint density at radius 2 is 1.95 bits per heavy atom.